The van der Waals surface area contributed by atoms with Crippen molar-refractivity contribution in [2.24, 2.45) is 5.10 Å². The molecule has 5 nitrogen and oxygen atoms in total. The zero-order chi connectivity index (χ0) is 18.1. The van der Waals surface area contributed by atoms with E-state index in [4.69, 9.17) is 4.74 Å². The first-order chi connectivity index (χ1) is 12.6. The van der Waals surface area contributed by atoms with Crippen molar-refractivity contribution in [3.63, 3.8) is 0 Å². The molecule has 0 saturated heterocycles. The zero-order valence-corrected chi connectivity index (χ0v) is 15.5. The molecule has 0 unspecified atom stereocenters. The highest BCUT2D eigenvalue weighted by molar-refractivity contribution is 7.18. The lowest BCUT2D eigenvalue weighted by molar-refractivity contribution is 0.0338. The number of benzene rings is 2. The Kier molecular flexibility index (Phi) is 4.42. The fourth-order valence-electron chi connectivity index (χ4n) is 2.87. The molecule has 0 N–H and O–H groups in total. The molecule has 1 atom stereocenters. The van der Waals surface area contributed by atoms with Crippen LogP contribution in [0.15, 0.2) is 53.6 Å². The van der Waals surface area contributed by atoms with Gasteiger partial charge in [0.15, 0.2) is 6.10 Å². The molecular weight excluding hydrogens is 346 g/mol. The second-order valence-corrected chi connectivity index (χ2v) is 7.38. The fourth-order valence-corrected chi connectivity index (χ4v) is 3.82. The second kappa shape index (κ2) is 6.88. The van der Waals surface area contributed by atoms with Crippen LogP contribution in [0.5, 0.6) is 0 Å². The summed E-state index contributed by atoms with van der Waals surface area (Å²) in [6.07, 6.45) is 0.592. The molecule has 0 amide bonds. The predicted octanol–water partition coefficient (Wildman–Crippen LogP) is 4.80. The molecule has 3 aromatic rings. The smallest absolute Gasteiger partial charge is 0.338 e. The van der Waals surface area contributed by atoms with Gasteiger partial charge < -0.3 is 4.74 Å². The standard InChI is InChI=1S/C20H19N3O2S/c1-13-11-12-23(22-13)16-9-7-15(8-10-16)20(24)25-14(2)19-21-17-5-3-4-6-18(17)26-19/h3-10,14H,11-12H2,1-2H3/t14-/m0/s1. The first kappa shape index (κ1) is 16.7. The van der Waals surface area contributed by atoms with Crippen LogP contribution in [0.3, 0.4) is 0 Å². The van der Waals surface area contributed by atoms with Gasteiger partial charge in [0.05, 0.1) is 21.5 Å². The Labute approximate surface area is 155 Å². The number of fused-ring (bicyclic) bond motifs is 1. The molecule has 0 saturated carbocycles. The van der Waals surface area contributed by atoms with Crippen LogP contribution in [0, 0.1) is 0 Å². The van der Waals surface area contributed by atoms with E-state index in [9.17, 15) is 4.79 Å². The summed E-state index contributed by atoms with van der Waals surface area (Å²) in [5.74, 6) is -0.343. The van der Waals surface area contributed by atoms with Crippen molar-refractivity contribution in [3.8, 4) is 0 Å². The molecule has 0 radical (unpaired) electrons. The molecule has 0 spiro atoms. The van der Waals surface area contributed by atoms with Crippen LogP contribution in [0.2, 0.25) is 0 Å². The minimum atomic E-state index is -0.384. The quantitative estimate of drug-likeness (QED) is 0.623. The summed E-state index contributed by atoms with van der Waals surface area (Å²) >= 11 is 1.55. The van der Waals surface area contributed by atoms with Crippen molar-refractivity contribution < 1.29 is 9.53 Å². The molecule has 26 heavy (non-hydrogen) atoms. The maximum absolute atomic E-state index is 12.4. The minimum Gasteiger partial charge on any atom is -0.452 e. The van der Waals surface area contributed by atoms with Crippen molar-refractivity contribution in [2.45, 2.75) is 26.4 Å². The third kappa shape index (κ3) is 3.32. The molecule has 1 aromatic heterocycles. The fraction of sp³-hybridized carbons (Fsp3) is 0.250. The molecule has 132 valence electrons. The summed E-state index contributed by atoms with van der Waals surface area (Å²) in [6.45, 7) is 4.76. The summed E-state index contributed by atoms with van der Waals surface area (Å²) in [5, 5.41) is 7.23. The molecule has 0 fully saturated rings. The van der Waals surface area contributed by atoms with Crippen LogP contribution >= 0.6 is 11.3 Å². The van der Waals surface area contributed by atoms with E-state index >= 15 is 0 Å². The molecule has 0 bridgehead atoms. The van der Waals surface area contributed by atoms with E-state index in [2.05, 4.69) is 10.1 Å². The monoisotopic (exact) mass is 365 g/mol. The van der Waals surface area contributed by atoms with Crippen LogP contribution in [0.4, 0.5) is 5.69 Å². The Morgan fingerprint density at radius 1 is 1.19 bits per heavy atom. The lowest BCUT2D eigenvalue weighted by atomic mass is 10.2. The molecule has 0 aliphatic carbocycles. The maximum Gasteiger partial charge on any atom is 0.338 e. The van der Waals surface area contributed by atoms with E-state index in [0.29, 0.717) is 5.56 Å². The number of hydrazone groups is 1. The average molecular weight is 365 g/mol. The minimum absolute atomic E-state index is 0.343. The van der Waals surface area contributed by atoms with Gasteiger partial charge in [0.25, 0.3) is 0 Å². The highest BCUT2D eigenvalue weighted by Gasteiger charge is 2.18. The average Bonchev–Trinajstić information content (AvgIpc) is 3.28. The molecule has 1 aliphatic rings. The van der Waals surface area contributed by atoms with E-state index in [0.717, 1.165) is 39.6 Å². The van der Waals surface area contributed by atoms with E-state index in [1.165, 1.54) is 0 Å². The Bertz CT molecular complexity index is 945. The molecular formula is C20H19N3O2S. The summed E-state index contributed by atoms with van der Waals surface area (Å²) in [4.78, 5) is 17.0. The third-order valence-electron chi connectivity index (χ3n) is 4.32. The Hall–Kier alpha value is -2.73. The van der Waals surface area contributed by atoms with Gasteiger partial charge in [-0.1, -0.05) is 12.1 Å². The lowest BCUT2D eigenvalue weighted by Gasteiger charge is -2.14. The highest BCUT2D eigenvalue weighted by Crippen LogP contribution is 2.29. The molecule has 1 aliphatic heterocycles. The largest absolute Gasteiger partial charge is 0.452 e. The van der Waals surface area contributed by atoms with Crippen molar-refractivity contribution in [1.82, 2.24) is 4.98 Å². The molecule has 2 aromatic carbocycles. The van der Waals surface area contributed by atoms with Crippen molar-refractivity contribution in [3.05, 3.63) is 59.1 Å². The SMILES string of the molecule is CC1=NN(c2ccc(C(=O)O[C@@H](C)c3nc4ccccc4s3)cc2)CC1. The van der Waals surface area contributed by atoms with Crippen molar-refractivity contribution >= 4 is 38.9 Å². The molecule has 6 heteroatoms. The summed E-state index contributed by atoms with van der Waals surface area (Å²) in [7, 11) is 0. The zero-order valence-electron chi connectivity index (χ0n) is 14.7. The summed E-state index contributed by atoms with van der Waals surface area (Å²) in [5.41, 5.74) is 3.57. The van der Waals surface area contributed by atoms with Crippen LogP contribution in [-0.2, 0) is 4.74 Å². The topological polar surface area (TPSA) is 54.8 Å². The number of esters is 1. The number of rotatable bonds is 4. The third-order valence-corrected chi connectivity index (χ3v) is 5.52. The van der Waals surface area contributed by atoms with Gasteiger partial charge in [-0.15, -0.1) is 11.3 Å². The predicted molar refractivity (Wildman–Crippen MR) is 105 cm³/mol. The number of carbonyl (C=O) groups is 1. The normalized spacial score (nSPS) is 15.2. The Balaban J connectivity index is 1.45. The van der Waals surface area contributed by atoms with Gasteiger partial charge in [-0.25, -0.2) is 9.78 Å². The number of aromatic nitrogens is 1. The van der Waals surface area contributed by atoms with Crippen LogP contribution in [-0.4, -0.2) is 23.2 Å². The number of carbonyl (C=O) groups excluding carboxylic acids is 1. The van der Waals surface area contributed by atoms with Crippen LogP contribution in [0.25, 0.3) is 10.2 Å². The number of para-hydroxylation sites is 1. The van der Waals surface area contributed by atoms with E-state index < -0.39 is 0 Å². The molecule has 4 rings (SSSR count). The number of hydrogen-bond acceptors (Lipinski definition) is 6. The summed E-state index contributed by atoms with van der Waals surface area (Å²) in [6, 6.07) is 15.3. The first-order valence-electron chi connectivity index (χ1n) is 8.58. The second-order valence-electron chi connectivity index (χ2n) is 6.32. The Morgan fingerprint density at radius 2 is 1.96 bits per heavy atom. The van der Waals surface area contributed by atoms with Gasteiger partial charge in [0.2, 0.25) is 0 Å². The van der Waals surface area contributed by atoms with Crippen molar-refractivity contribution in [1.29, 1.82) is 0 Å². The highest BCUT2D eigenvalue weighted by atomic mass is 32.1. The number of hydrogen-bond donors (Lipinski definition) is 0. The van der Waals surface area contributed by atoms with Crippen LogP contribution in [0.1, 0.15) is 41.7 Å². The van der Waals surface area contributed by atoms with Gasteiger partial charge in [-0.05, 0) is 50.2 Å². The lowest BCUT2D eigenvalue weighted by Crippen LogP contribution is -2.13. The van der Waals surface area contributed by atoms with Gasteiger partial charge in [-0.3, -0.25) is 5.01 Å². The Morgan fingerprint density at radius 3 is 2.65 bits per heavy atom. The van der Waals surface area contributed by atoms with Gasteiger partial charge in [0.1, 0.15) is 5.01 Å². The van der Waals surface area contributed by atoms with E-state index in [1.54, 1.807) is 23.5 Å². The van der Waals surface area contributed by atoms with Gasteiger partial charge in [0, 0.05) is 18.7 Å². The van der Waals surface area contributed by atoms with E-state index in [1.807, 2.05) is 55.3 Å². The number of thiazole rings is 1. The number of anilines is 1. The van der Waals surface area contributed by atoms with Crippen molar-refractivity contribution in [2.75, 3.05) is 11.6 Å². The van der Waals surface area contributed by atoms with E-state index in [-0.39, 0.29) is 12.1 Å². The maximum atomic E-state index is 12.4. The number of nitrogens with zero attached hydrogens (tertiary/aromatic N) is 3. The van der Waals surface area contributed by atoms with Gasteiger partial charge >= 0.3 is 5.97 Å². The molecule has 2 heterocycles. The van der Waals surface area contributed by atoms with Crippen LogP contribution < -0.4 is 5.01 Å². The first-order valence-corrected chi connectivity index (χ1v) is 9.40. The summed E-state index contributed by atoms with van der Waals surface area (Å²) < 4.78 is 6.70. The van der Waals surface area contributed by atoms with Gasteiger partial charge in [-0.2, -0.15) is 5.10 Å². The number of ether oxygens (including phenoxy) is 1.